The number of hydrogen-bond donors (Lipinski definition) is 0. The second kappa shape index (κ2) is 11.0. The van der Waals surface area contributed by atoms with E-state index in [0.29, 0.717) is 0 Å². The maximum Gasteiger partial charge on any atom is 0.135 e. The standard InChI is InChI=1S/C48H31NO2/c1-4-10-30(11-5-1)33-16-20-43-37(24-33)38-25-34(31-12-6-2-7-13-31)17-21-44(38)49(43)36-19-23-46-40(27-36)42-28-41-39-26-35(32-14-8-3-9-15-32)18-22-45(39)50-47(41)29-48(42)51-46/h1-29,42,48H. The SMILES string of the molecule is C1=c2oc3ccc(-c4ccccc4)cc3c2=CC2c3cc(-n4c5ccc(-c6ccccc6)cc5c5cc(-c6ccccc6)ccc54)ccc3OC12. The van der Waals surface area contributed by atoms with Gasteiger partial charge in [0.1, 0.15) is 22.9 Å². The van der Waals surface area contributed by atoms with Crippen molar-refractivity contribution in [2.24, 2.45) is 0 Å². The highest BCUT2D eigenvalue weighted by molar-refractivity contribution is 6.11. The minimum absolute atomic E-state index is 0.0797. The number of benzene rings is 7. The molecule has 0 fully saturated rings. The third kappa shape index (κ3) is 4.45. The van der Waals surface area contributed by atoms with Gasteiger partial charge >= 0.3 is 0 Å². The highest BCUT2D eigenvalue weighted by Gasteiger charge is 2.34. The summed E-state index contributed by atoms with van der Waals surface area (Å²) in [6.45, 7) is 0. The molecule has 0 radical (unpaired) electrons. The second-order valence-corrected chi connectivity index (χ2v) is 13.7. The van der Waals surface area contributed by atoms with Crippen LogP contribution in [0.3, 0.4) is 0 Å². The number of aromatic nitrogens is 1. The molecule has 11 rings (SSSR count). The first-order chi connectivity index (χ1) is 25.2. The molecule has 9 aromatic rings. The molecule has 0 amide bonds. The first kappa shape index (κ1) is 28.3. The quantitative estimate of drug-likeness (QED) is 0.189. The summed E-state index contributed by atoms with van der Waals surface area (Å²) in [5.41, 5.74) is 13.7. The van der Waals surface area contributed by atoms with E-state index in [0.717, 1.165) is 33.0 Å². The van der Waals surface area contributed by atoms with E-state index in [9.17, 15) is 0 Å². The van der Waals surface area contributed by atoms with Crippen LogP contribution in [0.2, 0.25) is 0 Å². The summed E-state index contributed by atoms with van der Waals surface area (Å²) in [5, 5.41) is 4.75. The fourth-order valence-electron chi connectivity index (χ4n) is 8.25. The van der Waals surface area contributed by atoms with Gasteiger partial charge in [-0.1, -0.05) is 115 Å². The largest absolute Gasteiger partial charge is 0.485 e. The van der Waals surface area contributed by atoms with E-state index in [1.165, 1.54) is 60.8 Å². The molecule has 240 valence electrons. The van der Waals surface area contributed by atoms with Crippen LogP contribution in [0.15, 0.2) is 168 Å². The van der Waals surface area contributed by atoms with Gasteiger partial charge in [-0.3, -0.25) is 0 Å². The predicted molar refractivity (Wildman–Crippen MR) is 209 cm³/mol. The van der Waals surface area contributed by atoms with Crippen LogP contribution in [0.4, 0.5) is 0 Å². The Morgan fingerprint density at radius 3 is 1.59 bits per heavy atom. The van der Waals surface area contributed by atoms with Crippen molar-refractivity contribution in [1.29, 1.82) is 0 Å². The second-order valence-electron chi connectivity index (χ2n) is 13.7. The lowest BCUT2D eigenvalue weighted by atomic mass is 9.90. The molecule has 1 aliphatic heterocycles. The molecule has 3 heteroatoms. The van der Waals surface area contributed by atoms with E-state index in [2.05, 4.69) is 181 Å². The smallest absolute Gasteiger partial charge is 0.135 e. The highest BCUT2D eigenvalue weighted by atomic mass is 16.5. The molecule has 2 unspecified atom stereocenters. The third-order valence-corrected chi connectivity index (χ3v) is 10.7. The highest BCUT2D eigenvalue weighted by Crippen LogP contribution is 2.44. The summed E-state index contributed by atoms with van der Waals surface area (Å²) in [6, 6.07) is 58.7. The number of fused-ring (bicyclic) bond motifs is 9. The number of ether oxygens (including phenoxy) is 1. The van der Waals surface area contributed by atoms with E-state index in [4.69, 9.17) is 9.15 Å². The molecule has 0 saturated carbocycles. The Bertz CT molecular complexity index is 2840. The van der Waals surface area contributed by atoms with Crippen molar-refractivity contribution in [3.8, 4) is 44.8 Å². The molecule has 2 aromatic heterocycles. The zero-order chi connectivity index (χ0) is 33.5. The lowest BCUT2D eigenvalue weighted by Gasteiger charge is -2.14. The normalized spacial score (nSPS) is 15.9. The zero-order valence-electron chi connectivity index (χ0n) is 27.7. The number of furan rings is 1. The van der Waals surface area contributed by atoms with Crippen molar-refractivity contribution in [3.05, 3.63) is 180 Å². The number of rotatable bonds is 4. The van der Waals surface area contributed by atoms with E-state index < -0.39 is 0 Å². The average Bonchev–Trinajstić information content (AvgIpc) is 3.85. The van der Waals surface area contributed by atoms with E-state index in [1.54, 1.807) is 0 Å². The van der Waals surface area contributed by atoms with Crippen LogP contribution in [0.25, 0.3) is 84.0 Å². The Labute approximate surface area is 294 Å². The summed E-state index contributed by atoms with van der Waals surface area (Å²) in [6.07, 6.45) is 4.41. The molecular weight excluding hydrogens is 623 g/mol. The molecular formula is C48H31NO2. The molecule has 0 N–H and O–H groups in total. The minimum atomic E-state index is -0.114. The molecule has 0 bridgehead atoms. The first-order valence-electron chi connectivity index (χ1n) is 17.6. The number of hydrogen-bond acceptors (Lipinski definition) is 2. The Balaban J connectivity index is 1.08. The van der Waals surface area contributed by atoms with Gasteiger partial charge in [-0.15, -0.1) is 0 Å². The van der Waals surface area contributed by atoms with Gasteiger partial charge in [0.15, 0.2) is 0 Å². The molecule has 51 heavy (non-hydrogen) atoms. The van der Waals surface area contributed by atoms with Crippen LogP contribution in [0, 0.1) is 0 Å². The van der Waals surface area contributed by atoms with Crippen molar-refractivity contribution in [3.63, 3.8) is 0 Å². The van der Waals surface area contributed by atoms with Gasteiger partial charge in [-0.25, -0.2) is 0 Å². The van der Waals surface area contributed by atoms with Crippen LogP contribution < -0.4 is 15.4 Å². The van der Waals surface area contributed by atoms with E-state index in [1.807, 2.05) is 0 Å². The summed E-state index contributed by atoms with van der Waals surface area (Å²) in [5.74, 6) is 1.01. The van der Waals surface area contributed by atoms with Gasteiger partial charge in [0, 0.05) is 44.6 Å². The molecule has 2 atom stereocenters. The summed E-state index contributed by atoms with van der Waals surface area (Å²) in [4.78, 5) is 0. The monoisotopic (exact) mass is 653 g/mol. The van der Waals surface area contributed by atoms with Gasteiger partial charge in [-0.05, 0) is 88.0 Å². The maximum absolute atomic E-state index is 6.58. The van der Waals surface area contributed by atoms with E-state index in [-0.39, 0.29) is 12.0 Å². The van der Waals surface area contributed by atoms with Crippen molar-refractivity contribution in [2.45, 2.75) is 12.0 Å². The van der Waals surface area contributed by atoms with Gasteiger partial charge in [0.2, 0.25) is 0 Å². The predicted octanol–water partition coefficient (Wildman–Crippen LogP) is 10.7. The zero-order valence-corrected chi connectivity index (χ0v) is 27.7. The van der Waals surface area contributed by atoms with Crippen LogP contribution in [-0.2, 0) is 0 Å². The molecule has 1 aliphatic carbocycles. The third-order valence-electron chi connectivity index (χ3n) is 10.7. The minimum Gasteiger partial charge on any atom is -0.485 e. The average molecular weight is 654 g/mol. The molecule has 3 heterocycles. The van der Waals surface area contributed by atoms with Gasteiger partial charge in [-0.2, -0.15) is 0 Å². The molecule has 2 aliphatic rings. The lowest BCUT2D eigenvalue weighted by molar-refractivity contribution is 0.286. The Hall–Kier alpha value is -6.58. The van der Waals surface area contributed by atoms with Crippen molar-refractivity contribution in [2.75, 3.05) is 0 Å². The van der Waals surface area contributed by atoms with Crippen LogP contribution in [0.1, 0.15) is 11.5 Å². The van der Waals surface area contributed by atoms with Crippen LogP contribution in [0.5, 0.6) is 5.75 Å². The summed E-state index contributed by atoms with van der Waals surface area (Å²) in [7, 11) is 0. The van der Waals surface area contributed by atoms with E-state index >= 15 is 0 Å². The lowest BCUT2D eigenvalue weighted by Crippen LogP contribution is -2.32. The number of nitrogens with zero attached hydrogens (tertiary/aromatic N) is 1. The topological polar surface area (TPSA) is 27.3 Å². The van der Waals surface area contributed by atoms with Gasteiger partial charge in [0.05, 0.1) is 11.0 Å². The summed E-state index contributed by atoms with van der Waals surface area (Å²) < 4.78 is 15.4. The molecule has 7 aromatic carbocycles. The van der Waals surface area contributed by atoms with Gasteiger partial charge < -0.3 is 13.7 Å². The van der Waals surface area contributed by atoms with Crippen molar-refractivity contribution in [1.82, 2.24) is 4.57 Å². The Morgan fingerprint density at radius 2 is 1.00 bits per heavy atom. The molecule has 3 nitrogen and oxygen atoms in total. The first-order valence-corrected chi connectivity index (χ1v) is 17.6. The maximum atomic E-state index is 6.58. The Kier molecular flexibility index (Phi) is 6.08. The van der Waals surface area contributed by atoms with Gasteiger partial charge in [0.25, 0.3) is 0 Å². The fraction of sp³-hybridized carbons (Fsp3) is 0.0417. The molecule has 0 saturated heterocycles. The van der Waals surface area contributed by atoms with Crippen LogP contribution in [-0.4, -0.2) is 10.7 Å². The van der Waals surface area contributed by atoms with Crippen LogP contribution >= 0.6 is 0 Å². The Morgan fingerprint density at radius 1 is 0.451 bits per heavy atom. The molecule has 0 spiro atoms. The fourth-order valence-corrected chi connectivity index (χ4v) is 8.25. The van der Waals surface area contributed by atoms with Crippen molar-refractivity contribution < 1.29 is 9.15 Å². The summed E-state index contributed by atoms with van der Waals surface area (Å²) >= 11 is 0. The van der Waals surface area contributed by atoms with Crippen molar-refractivity contribution >= 4 is 44.9 Å².